The maximum Gasteiger partial charge on any atom is 0.348 e. The molecule has 5 nitrogen and oxygen atoms in total. The summed E-state index contributed by atoms with van der Waals surface area (Å²) in [7, 11) is 0. The molecule has 1 N–H and O–H groups in total. The number of nitrogens with one attached hydrogen (secondary N) is 1. The highest BCUT2D eigenvalue weighted by Gasteiger charge is 2.04. The summed E-state index contributed by atoms with van der Waals surface area (Å²) in [4.78, 5) is 18.2. The van der Waals surface area contributed by atoms with Gasteiger partial charge in [-0.05, 0) is 18.2 Å². The van der Waals surface area contributed by atoms with Gasteiger partial charge in [0.15, 0.2) is 0 Å². The van der Waals surface area contributed by atoms with Crippen LogP contribution >= 0.6 is 0 Å². The van der Waals surface area contributed by atoms with Crippen molar-refractivity contribution in [1.29, 1.82) is 0 Å². The van der Waals surface area contributed by atoms with Crippen LogP contribution in [-0.2, 0) is 0 Å². The van der Waals surface area contributed by atoms with Gasteiger partial charge >= 0.3 is 5.69 Å². The molecule has 0 radical (unpaired) electrons. The summed E-state index contributed by atoms with van der Waals surface area (Å²) in [5.74, 6) is 0. The molecule has 0 saturated carbocycles. The fourth-order valence-corrected chi connectivity index (χ4v) is 1.53. The summed E-state index contributed by atoms with van der Waals surface area (Å²) in [5.41, 5.74) is 1.10. The van der Waals surface area contributed by atoms with Crippen LogP contribution in [0.5, 0.6) is 0 Å². The monoisotopic (exact) mass is 186 g/mol. The van der Waals surface area contributed by atoms with E-state index in [1.165, 1.54) is 4.52 Å². The van der Waals surface area contributed by atoms with Gasteiger partial charge < -0.3 is 0 Å². The lowest BCUT2D eigenvalue weighted by Crippen LogP contribution is -2.17. The van der Waals surface area contributed by atoms with E-state index in [2.05, 4.69) is 15.1 Å². The maximum atomic E-state index is 11.5. The fourth-order valence-electron chi connectivity index (χ4n) is 1.53. The van der Waals surface area contributed by atoms with Crippen molar-refractivity contribution in [3.05, 3.63) is 41.1 Å². The van der Waals surface area contributed by atoms with Gasteiger partial charge in [0.1, 0.15) is 5.65 Å². The van der Waals surface area contributed by atoms with Crippen LogP contribution in [0.2, 0.25) is 0 Å². The minimum Gasteiger partial charge on any atom is -0.290 e. The number of aromatic amines is 1. The average Bonchev–Trinajstić information content (AvgIpc) is 2.67. The van der Waals surface area contributed by atoms with E-state index in [0.717, 1.165) is 10.9 Å². The molecule has 0 aliphatic rings. The Labute approximate surface area is 78.0 Å². The van der Waals surface area contributed by atoms with Crippen molar-refractivity contribution in [3.8, 4) is 0 Å². The molecule has 0 aliphatic heterocycles. The normalized spacial score (nSPS) is 11.1. The van der Waals surface area contributed by atoms with Crippen molar-refractivity contribution >= 4 is 16.6 Å². The average molecular weight is 186 g/mol. The molecule has 0 bridgehead atoms. The van der Waals surface area contributed by atoms with Crippen LogP contribution in [0.4, 0.5) is 0 Å². The van der Waals surface area contributed by atoms with Crippen molar-refractivity contribution in [3.63, 3.8) is 0 Å². The molecular formula is C9H6N4O. The molecule has 0 spiro atoms. The van der Waals surface area contributed by atoms with Gasteiger partial charge in [-0.1, -0.05) is 0 Å². The summed E-state index contributed by atoms with van der Waals surface area (Å²) in [6.07, 6.45) is 3.24. The third kappa shape index (κ3) is 0.806. The highest BCUT2D eigenvalue weighted by atomic mass is 16.1. The van der Waals surface area contributed by atoms with E-state index < -0.39 is 0 Å². The number of H-pyrrole nitrogens is 1. The molecule has 14 heavy (non-hydrogen) atoms. The van der Waals surface area contributed by atoms with Crippen LogP contribution in [0.3, 0.4) is 0 Å². The number of rotatable bonds is 0. The number of pyridine rings is 1. The maximum absolute atomic E-state index is 11.5. The number of hydrogen-bond donors (Lipinski definition) is 1. The highest BCUT2D eigenvalue weighted by Crippen LogP contribution is 2.12. The van der Waals surface area contributed by atoms with Crippen LogP contribution in [0, 0.1) is 0 Å². The van der Waals surface area contributed by atoms with Gasteiger partial charge in [0.25, 0.3) is 0 Å². The predicted octanol–water partition coefficient (Wildman–Crippen LogP) is 0.571. The lowest BCUT2D eigenvalue weighted by atomic mass is 10.3. The molecule has 0 saturated heterocycles. The fraction of sp³-hybridized carbons (Fsp3) is 0. The molecule has 0 unspecified atom stereocenters. The van der Waals surface area contributed by atoms with Crippen molar-refractivity contribution in [2.75, 3.05) is 0 Å². The van der Waals surface area contributed by atoms with Crippen molar-refractivity contribution < 1.29 is 0 Å². The van der Waals surface area contributed by atoms with E-state index in [9.17, 15) is 4.79 Å². The summed E-state index contributed by atoms with van der Waals surface area (Å²) in [5, 5.41) is 4.81. The lowest BCUT2D eigenvalue weighted by Gasteiger charge is -1.97. The van der Waals surface area contributed by atoms with Crippen LogP contribution in [0.15, 0.2) is 35.4 Å². The highest BCUT2D eigenvalue weighted by molar-refractivity contribution is 5.90. The van der Waals surface area contributed by atoms with Gasteiger partial charge in [-0.2, -0.15) is 9.61 Å². The topological polar surface area (TPSA) is 63.0 Å². The Balaban J connectivity index is 2.73. The van der Waals surface area contributed by atoms with E-state index in [1.54, 1.807) is 18.5 Å². The van der Waals surface area contributed by atoms with E-state index in [1.807, 2.05) is 12.1 Å². The van der Waals surface area contributed by atoms with E-state index in [0.29, 0.717) is 5.65 Å². The number of nitrogens with zero attached hydrogens (tertiary/aromatic N) is 3. The number of hydrogen-bond acceptors (Lipinski definition) is 3. The molecule has 3 aromatic heterocycles. The second-order valence-electron chi connectivity index (χ2n) is 2.96. The quantitative estimate of drug-likeness (QED) is 0.558. The van der Waals surface area contributed by atoms with Gasteiger partial charge in [0, 0.05) is 11.6 Å². The van der Waals surface area contributed by atoms with Gasteiger partial charge in [0.2, 0.25) is 0 Å². The minimum atomic E-state index is -0.267. The first kappa shape index (κ1) is 7.25. The molecule has 0 aliphatic carbocycles. The van der Waals surface area contributed by atoms with E-state index >= 15 is 0 Å². The van der Waals surface area contributed by atoms with Gasteiger partial charge in [-0.25, -0.2) is 9.78 Å². The SMILES string of the molecule is O=c1[nH]c2ncccc2c2ccnn12. The molecule has 3 rings (SSSR count). The summed E-state index contributed by atoms with van der Waals surface area (Å²) in [6, 6.07) is 5.52. The molecule has 3 heterocycles. The number of aromatic nitrogens is 4. The third-order valence-corrected chi connectivity index (χ3v) is 2.14. The summed E-state index contributed by atoms with van der Waals surface area (Å²) in [6.45, 7) is 0. The van der Waals surface area contributed by atoms with Crippen LogP contribution < -0.4 is 5.69 Å². The molecule has 0 fully saturated rings. The second kappa shape index (κ2) is 2.41. The second-order valence-corrected chi connectivity index (χ2v) is 2.96. The Hall–Kier alpha value is -2.17. The summed E-state index contributed by atoms with van der Waals surface area (Å²) >= 11 is 0. The van der Waals surface area contributed by atoms with Gasteiger partial charge in [-0.3, -0.25) is 4.98 Å². The Kier molecular flexibility index (Phi) is 1.25. The van der Waals surface area contributed by atoms with Gasteiger partial charge in [0.05, 0.1) is 11.7 Å². The largest absolute Gasteiger partial charge is 0.348 e. The zero-order valence-corrected chi connectivity index (χ0v) is 7.14. The van der Waals surface area contributed by atoms with E-state index in [-0.39, 0.29) is 5.69 Å². The van der Waals surface area contributed by atoms with E-state index in [4.69, 9.17) is 0 Å². The molecule has 68 valence electrons. The lowest BCUT2D eigenvalue weighted by molar-refractivity contribution is 0.878. The van der Waals surface area contributed by atoms with Crippen LogP contribution in [-0.4, -0.2) is 19.6 Å². The zero-order valence-electron chi connectivity index (χ0n) is 7.14. The van der Waals surface area contributed by atoms with Crippen molar-refractivity contribution in [2.24, 2.45) is 0 Å². The van der Waals surface area contributed by atoms with Gasteiger partial charge in [-0.15, -0.1) is 0 Å². The molecule has 0 aromatic carbocycles. The van der Waals surface area contributed by atoms with Crippen LogP contribution in [0.1, 0.15) is 0 Å². The number of fused-ring (bicyclic) bond motifs is 3. The first-order valence-electron chi connectivity index (χ1n) is 4.17. The van der Waals surface area contributed by atoms with Crippen LogP contribution in [0.25, 0.3) is 16.6 Å². The van der Waals surface area contributed by atoms with Crippen molar-refractivity contribution in [2.45, 2.75) is 0 Å². The first-order chi connectivity index (χ1) is 6.86. The Morgan fingerprint density at radius 1 is 1.29 bits per heavy atom. The molecule has 3 aromatic rings. The Bertz CT molecular complexity index is 667. The predicted molar refractivity (Wildman–Crippen MR) is 51.1 cm³/mol. The summed E-state index contributed by atoms with van der Waals surface area (Å²) < 4.78 is 1.32. The first-order valence-corrected chi connectivity index (χ1v) is 4.17. The minimum absolute atomic E-state index is 0.267. The standard InChI is InChI=1S/C9H6N4O/c14-9-12-8-6(2-1-4-10-8)7-3-5-11-13(7)9/h1-5H,(H,10,12,14). The Morgan fingerprint density at radius 3 is 3.14 bits per heavy atom. The molecule has 5 heteroatoms. The molecule has 0 atom stereocenters. The smallest absolute Gasteiger partial charge is 0.290 e. The van der Waals surface area contributed by atoms with Crippen molar-refractivity contribution in [1.82, 2.24) is 19.6 Å². The molecular weight excluding hydrogens is 180 g/mol. The Morgan fingerprint density at radius 2 is 2.21 bits per heavy atom. The molecule has 0 amide bonds. The third-order valence-electron chi connectivity index (χ3n) is 2.14. The zero-order chi connectivity index (χ0) is 9.54.